The highest BCUT2D eigenvalue weighted by atomic mass is 16.5. The number of nitriles is 1. The first-order valence-corrected chi connectivity index (χ1v) is 4.10. The number of fused-ring (bicyclic) bond motifs is 1. The topological polar surface area (TPSA) is 53.2 Å². The third-order valence-corrected chi connectivity index (χ3v) is 2.18. The van der Waals surface area contributed by atoms with Crippen LogP contribution in [-0.2, 0) is 4.65 Å². The van der Waals surface area contributed by atoms with Crippen LogP contribution in [0.1, 0.15) is 17.2 Å². The first kappa shape index (κ1) is 8.84. The summed E-state index contributed by atoms with van der Waals surface area (Å²) in [6, 6.07) is 6.95. The van der Waals surface area contributed by atoms with Crippen LogP contribution in [0.25, 0.3) is 0 Å². The average Bonchev–Trinajstić information content (AvgIpc) is 2.55. The lowest BCUT2D eigenvalue weighted by Crippen LogP contribution is -2.27. The van der Waals surface area contributed by atoms with E-state index in [2.05, 4.69) is 5.92 Å². The molecular formula is C10H6BNO2. The molecule has 1 aromatic carbocycles. The van der Waals surface area contributed by atoms with Crippen molar-refractivity contribution in [3.05, 3.63) is 29.3 Å². The van der Waals surface area contributed by atoms with Gasteiger partial charge in [0.2, 0.25) is 0 Å². The molecule has 0 bridgehead atoms. The van der Waals surface area contributed by atoms with E-state index in [4.69, 9.17) is 16.3 Å². The van der Waals surface area contributed by atoms with Crippen LogP contribution in [0.15, 0.2) is 18.2 Å². The number of hydrogen-bond donors (Lipinski definition) is 1. The summed E-state index contributed by atoms with van der Waals surface area (Å²) in [5.41, 5.74) is 1.87. The SMILES string of the molecule is C#CC1OB(O)c2ccc(C#N)cc21. The number of terminal acetylenes is 1. The Bertz CT molecular complexity index is 458. The van der Waals surface area contributed by atoms with E-state index in [1.807, 2.05) is 6.07 Å². The molecule has 1 aliphatic heterocycles. The van der Waals surface area contributed by atoms with Crippen molar-refractivity contribution in [1.82, 2.24) is 0 Å². The standard InChI is InChI=1S/C10H6BNO2/c1-2-10-8-5-7(6-12)3-4-9(8)11(13)14-10/h1,3-5,10,13H. The number of benzene rings is 1. The molecule has 0 aliphatic carbocycles. The Morgan fingerprint density at radius 3 is 3.00 bits per heavy atom. The van der Waals surface area contributed by atoms with Gasteiger partial charge in [0.1, 0.15) is 6.10 Å². The van der Waals surface area contributed by atoms with Crippen molar-refractivity contribution in [1.29, 1.82) is 5.26 Å². The molecule has 1 unspecified atom stereocenters. The minimum atomic E-state index is -0.973. The van der Waals surface area contributed by atoms with Gasteiger partial charge >= 0.3 is 7.12 Å². The maximum Gasteiger partial charge on any atom is 0.492 e. The highest BCUT2D eigenvalue weighted by Crippen LogP contribution is 2.23. The van der Waals surface area contributed by atoms with Crippen molar-refractivity contribution < 1.29 is 9.68 Å². The van der Waals surface area contributed by atoms with Crippen LogP contribution in [0.5, 0.6) is 0 Å². The summed E-state index contributed by atoms with van der Waals surface area (Å²) < 4.78 is 5.09. The van der Waals surface area contributed by atoms with Crippen molar-refractivity contribution in [2.75, 3.05) is 0 Å². The molecule has 2 rings (SSSR count). The Kier molecular flexibility index (Phi) is 2.01. The van der Waals surface area contributed by atoms with Crippen LogP contribution >= 0.6 is 0 Å². The molecule has 0 radical (unpaired) electrons. The van der Waals surface area contributed by atoms with Gasteiger partial charge in [-0.3, -0.25) is 0 Å². The van der Waals surface area contributed by atoms with E-state index < -0.39 is 13.2 Å². The average molecular weight is 183 g/mol. The minimum Gasteiger partial charge on any atom is -0.423 e. The van der Waals surface area contributed by atoms with Crippen molar-refractivity contribution in [2.24, 2.45) is 0 Å². The van der Waals surface area contributed by atoms with Crippen LogP contribution < -0.4 is 5.46 Å². The normalized spacial score (nSPS) is 18.5. The minimum absolute atomic E-state index is 0.515. The van der Waals surface area contributed by atoms with Gasteiger partial charge in [-0.15, -0.1) is 6.42 Å². The number of rotatable bonds is 0. The maximum absolute atomic E-state index is 9.45. The lowest BCUT2D eigenvalue weighted by molar-refractivity contribution is 0.241. The van der Waals surface area contributed by atoms with Gasteiger partial charge in [-0.25, -0.2) is 0 Å². The Balaban J connectivity index is 2.55. The zero-order valence-electron chi connectivity index (χ0n) is 7.27. The lowest BCUT2D eigenvalue weighted by Gasteiger charge is -2.02. The predicted octanol–water partition coefficient (Wildman–Crippen LogP) is -0.0497. The van der Waals surface area contributed by atoms with Crippen LogP contribution in [-0.4, -0.2) is 12.1 Å². The molecule has 0 fully saturated rings. The van der Waals surface area contributed by atoms with Crippen LogP contribution in [0.4, 0.5) is 0 Å². The van der Waals surface area contributed by atoms with E-state index in [9.17, 15) is 5.02 Å². The molecule has 0 saturated heterocycles. The van der Waals surface area contributed by atoms with Gasteiger partial charge in [-0.1, -0.05) is 12.0 Å². The number of hydrogen-bond acceptors (Lipinski definition) is 3. The summed E-state index contributed by atoms with van der Waals surface area (Å²) >= 11 is 0. The van der Waals surface area contributed by atoms with Gasteiger partial charge in [-0.05, 0) is 23.2 Å². The zero-order chi connectivity index (χ0) is 10.1. The van der Waals surface area contributed by atoms with E-state index in [0.717, 1.165) is 0 Å². The third-order valence-electron chi connectivity index (χ3n) is 2.18. The molecular weight excluding hydrogens is 177 g/mol. The maximum atomic E-state index is 9.45. The fraction of sp³-hybridized carbons (Fsp3) is 0.100. The first-order valence-electron chi connectivity index (χ1n) is 4.10. The Morgan fingerprint density at radius 2 is 2.36 bits per heavy atom. The van der Waals surface area contributed by atoms with Gasteiger partial charge < -0.3 is 9.68 Å². The number of nitrogens with zero attached hydrogens (tertiary/aromatic N) is 1. The molecule has 1 heterocycles. The molecule has 1 N–H and O–H groups in total. The summed E-state index contributed by atoms with van der Waals surface area (Å²) in [4.78, 5) is 0. The summed E-state index contributed by atoms with van der Waals surface area (Å²) in [5, 5.41) is 18.1. The van der Waals surface area contributed by atoms with Crippen molar-refractivity contribution in [3.8, 4) is 18.4 Å². The molecule has 14 heavy (non-hydrogen) atoms. The second-order valence-corrected chi connectivity index (χ2v) is 2.99. The quantitative estimate of drug-likeness (QED) is 0.453. The smallest absolute Gasteiger partial charge is 0.423 e. The van der Waals surface area contributed by atoms with Crippen molar-refractivity contribution in [2.45, 2.75) is 6.10 Å². The van der Waals surface area contributed by atoms with E-state index in [-0.39, 0.29) is 0 Å². The molecule has 3 nitrogen and oxygen atoms in total. The highest BCUT2D eigenvalue weighted by Gasteiger charge is 2.33. The summed E-state index contributed by atoms with van der Waals surface area (Å²) in [7, 11) is -0.973. The summed E-state index contributed by atoms with van der Waals surface area (Å²) in [5.74, 6) is 2.41. The highest BCUT2D eigenvalue weighted by molar-refractivity contribution is 6.61. The monoisotopic (exact) mass is 183 g/mol. The molecule has 1 aromatic rings. The van der Waals surface area contributed by atoms with Crippen LogP contribution in [0.2, 0.25) is 0 Å². The molecule has 0 saturated carbocycles. The molecule has 0 amide bonds. The first-order chi connectivity index (χ1) is 6.76. The fourth-order valence-corrected chi connectivity index (χ4v) is 1.50. The van der Waals surface area contributed by atoms with Gasteiger partial charge in [-0.2, -0.15) is 5.26 Å². The fourth-order valence-electron chi connectivity index (χ4n) is 1.50. The Labute approximate surface area is 82.1 Å². The largest absolute Gasteiger partial charge is 0.492 e. The van der Waals surface area contributed by atoms with Crippen LogP contribution in [0, 0.1) is 23.7 Å². The van der Waals surface area contributed by atoms with Crippen molar-refractivity contribution >= 4 is 12.6 Å². The second kappa shape index (κ2) is 3.19. The van der Waals surface area contributed by atoms with E-state index in [1.54, 1.807) is 18.2 Å². The van der Waals surface area contributed by atoms with Gasteiger partial charge in [0.25, 0.3) is 0 Å². The molecule has 1 atom stereocenters. The molecule has 0 spiro atoms. The van der Waals surface area contributed by atoms with Crippen molar-refractivity contribution in [3.63, 3.8) is 0 Å². The Morgan fingerprint density at radius 1 is 1.57 bits per heavy atom. The third kappa shape index (κ3) is 1.18. The summed E-state index contributed by atoms with van der Waals surface area (Å²) in [6.45, 7) is 0. The van der Waals surface area contributed by atoms with E-state index >= 15 is 0 Å². The molecule has 66 valence electrons. The zero-order valence-corrected chi connectivity index (χ0v) is 7.27. The molecule has 1 aliphatic rings. The Hall–Kier alpha value is -1.75. The van der Waals surface area contributed by atoms with Gasteiger partial charge in [0, 0.05) is 0 Å². The van der Waals surface area contributed by atoms with E-state index in [0.29, 0.717) is 16.6 Å². The molecule has 0 aromatic heterocycles. The lowest BCUT2D eigenvalue weighted by atomic mass is 9.79. The van der Waals surface area contributed by atoms with Gasteiger partial charge in [0.05, 0.1) is 11.6 Å². The molecule has 4 heteroatoms. The van der Waals surface area contributed by atoms with Crippen LogP contribution in [0.3, 0.4) is 0 Å². The summed E-state index contributed by atoms with van der Waals surface area (Å²) in [6.07, 6.45) is 4.69. The predicted molar refractivity (Wildman–Crippen MR) is 51.4 cm³/mol. The second-order valence-electron chi connectivity index (χ2n) is 2.99. The van der Waals surface area contributed by atoms with E-state index in [1.165, 1.54) is 0 Å². The van der Waals surface area contributed by atoms with Gasteiger partial charge in [0.15, 0.2) is 0 Å².